The molecule has 1 aromatic heterocycles. The minimum absolute atomic E-state index is 0.228. The van der Waals surface area contributed by atoms with Crippen molar-refractivity contribution in [1.82, 2.24) is 10.2 Å². The fourth-order valence-electron chi connectivity index (χ4n) is 3.02. The second kappa shape index (κ2) is 8.02. The lowest BCUT2D eigenvalue weighted by Gasteiger charge is -2.36. The van der Waals surface area contributed by atoms with Gasteiger partial charge in [0.2, 0.25) is 5.91 Å². The van der Waals surface area contributed by atoms with Crippen LogP contribution in [0.2, 0.25) is 0 Å². The van der Waals surface area contributed by atoms with Gasteiger partial charge in [0, 0.05) is 44.8 Å². The molecule has 1 aromatic carbocycles. The zero-order valence-electron chi connectivity index (χ0n) is 14.2. The summed E-state index contributed by atoms with van der Waals surface area (Å²) in [5.41, 5.74) is 2.52. The van der Waals surface area contributed by atoms with E-state index >= 15 is 0 Å². The molecule has 0 unspecified atom stereocenters. The molecular formula is C19H25N3O2. The highest BCUT2D eigenvalue weighted by atomic mass is 16.3. The van der Waals surface area contributed by atoms with Gasteiger partial charge in [-0.2, -0.15) is 0 Å². The van der Waals surface area contributed by atoms with E-state index in [-0.39, 0.29) is 5.91 Å². The molecule has 0 aliphatic carbocycles. The second-order valence-electron chi connectivity index (χ2n) is 6.21. The number of hydrogen-bond donors (Lipinski definition) is 1. The van der Waals surface area contributed by atoms with E-state index in [0.717, 1.165) is 31.9 Å². The van der Waals surface area contributed by atoms with Gasteiger partial charge in [0.25, 0.3) is 0 Å². The van der Waals surface area contributed by atoms with Crippen molar-refractivity contribution in [2.24, 2.45) is 0 Å². The van der Waals surface area contributed by atoms with Crippen LogP contribution in [-0.2, 0) is 11.3 Å². The van der Waals surface area contributed by atoms with Crippen LogP contribution in [0.15, 0.2) is 47.1 Å². The first-order chi connectivity index (χ1) is 11.7. The molecule has 0 atom stereocenters. The van der Waals surface area contributed by atoms with Gasteiger partial charge in [0.15, 0.2) is 0 Å². The number of amides is 1. The van der Waals surface area contributed by atoms with Gasteiger partial charge < -0.3 is 19.5 Å². The quantitative estimate of drug-likeness (QED) is 0.828. The molecule has 1 amide bonds. The fourth-order valence-corrected chi connectivity index (χ4v) is 3.02. The first-order valence-corrected chi connectivity index (χ1v) is 8.55. The Kier molecular flexibility index (Phi) is 5.54. The van der Waals surface area contributed by atoms with Crippen molar-refractivity contribution >= 4 is 11.6 Å². The fraction of sp³-hybridized carbons (Fsp3) is 0.421. The van der Waals surface area contributed by atoms with Gasteiger partial charge in [-0.25, -0.2) is 0 Å². The van der Waals surface area contributed by atoms with Gasteiger partial charge in [-0.15, -0.1) is 0 Å². The van der Waals surface area contributed by atoms with Crippen molar-refractivity contribution in [1.29, 1.82) is 0 Å². The molecule has 0 saturated carbocycles. The van der Waals surface area contributed by atoms with Crippen LogP contribution in [0.25, 0.3) is 0 Å². The van der Waals surface area contributed by atoms with Gasteiger partial charge in [0.1, 0.15) is 5.76 Å². The van der Waals surface area contributed by atoms with Gasteiger partial charge in [0.05, 0.1) is 12.8 Å². The minimum atomic E-state index is 0.228. The molecule has 0 bridgehead atoms. The van der Waals surface area contributed by atoms with Gasteiger partial charge in [-0.3, -0.25) is 4.79 Å². The Hall–Kier alpha value is -2.27. The van der Waals surface area contributed by atoms with Crippen molar-refractivity contribution in [2.45, 2.75) is 19.9 Å². The molecule has 24 heavy (non-hydrogen) atoms. The third kappa shape index (κ3) is 4.38. The third-order valence-corrected chi connectivity index (χ3v) is 4.39. The van der Waals surface area contributed by atoms with Crippen LogP contribution in [0, 0.1) is 6.92 Å². The number of nitrogens with zero attached hydrogens (tertiary/aromatic N) is 2. The van der Waals surface area contributed by atoms with Crippen molar-refractivity contribution < 1.29 is 9.21 Å². The average Bonchev–Trinajstić information content (AvgIpc) is 3.12. The number of nitrogens with one attached hydrogen (secondary N) is 1. The number of rotatable bonds is 6. The predicted molar refractivity (Wildman–Crippen MR) is 95.0 cm³/mol. The van der Waals surface area contributed by atoms with E-state index in [4.69, 9.17) is 4.42 Å². The molecule has 5 nitrogen and oxygen atoms in total. The Morgan fingerprint density at radius 3 is 2.71 bits per heavy atom. The Bertz CT molecular complexity index is 646. The average molecular weight is 327 g/mol. The molecule has 0 spiro atoms. The van der Waals surface area contributed by atoms with E-state index in [9.17, 15) is 4.79 Å². The third-order valence-electron chi connectivity index (χ3n) is 4.39. The molecule has 1 fully saturated rings. The molecule has 2 aromatic rings. The topological polar surface area (TPSA) is 48.7 Å². The SMILES string of the molecule is Cc1cccc(N2CCN(C(=O)CCNCc3ccco3)CC2)c1. The molecule has 1 aliphatic heterocycles. The van der Waals surface area contributed by atoms with Gasteiger partial charge in [-0.1, -0.05) is 12.1 Å². The Labute approximate surface area is 143 Å². The number of carbonyl (C=O) groups is 1. The number of carbonyl (C=O) groups excluding carboxylic acids is 1. The number of furan rings is 1. The van der Waals surface area contributed by atoms with Crippen LogP contribution in [-0.4, -0.2) is 43.5 Å². The normalized spacial score (nSPS) is 14.9. The van der Waals surface area contributed by atoms with E-state index in [2.05, 4.69) is 41.4 Å². The molecule has 0 radical (unpaired) electrons. The maximum absolute atomic E-state index is 12.3. The van der Waals surface area contributed by atoms with Crippen molar-refractivity contribution in [3.8, 4) is 0 Å². The number of piperazine rings is 1. The second-order valence-corrected chi connectivity index (χ2v) is 6.21. The molecular weight excluding hydrogens is 302 g/mol. The maximum Gasteiger partial charge on any atom is 0.223 e. The van der Waals surface area contributed by atoms with Crippen LogP contribution < -0.4 is 10.2 Å². The van der Waals surface area contributed by atoms with Crippen molar-refractivity contribution in [2.75, 3.05) is 37.6 Å². The minimum Gasteiger partial charge on any atom is -0.468 e. The van der Waals surface area contributed by atoms with Crippen LogP contribution in [0.3, 0.4) is 0 Å². The number of hydrogen-bond acceptors (Lipinski definition) is 4. The zero-order chi connectivity index (χ0) is 16.8. The van der Waals surface area contributed by atoms with E-state index in [1.807, 2.05) is 17.0 Å². The zero-order valence-corrected chi connectivity index (χ0v) is 14.2. The first-order valence-electron chi connectivity index (χ1n) is 8.55. The number of benzene rings is 1. The molecule has 5 heteroatoms. The maximum atomic E-state index is 12.3. The molecule has 1 aliphatic rings. The lowest BCUT2D eigenvalue weighted by atomic mass is 10.2. The summed E-state index contributed by atoms with van der Waals surface area (Å²) in [7, 11) is 0. The first kappa shape index (κ1) is 16.6. The highest BCUT2D eigenvalue weighted by molar-refractivity contribution is 5.76. The van der Waals surface area contributed by atoms with Crippen LogP contribution in [0.1, 0.15) is 17.7 Å². The Morgan fingerprint density at radius 1 is 1.17 bits per heavy atom. The summed E-state index contributed by atoms with van der Waals surface area (Å²) in [6.45, 7) is 6.85. The predicted octanol–water partition coefficient (Wildman–Crippen LogP) is 2.42. The summed E-state index contributed by atoms with van der Waals surface area (Å²) in [5, 5.41) is 3.25. The van der Waals surface area contributed by atoms with E-state index in [0.29, 0.717) is 19.5 Å². The van der Waals surface area contributed by atoms with Gasteiger partial charge in [-0.05, 0) is 36.8 Å². The number of anilines is 1. The standard InChI is InChI=1S/C19H25N3O2/c1-16-4-2-5-17(14-16)21-9-11-22(12-10-21)19(23)7-8-20-15-18-6-3-13-24-18/h2-6,13-14,20H,7-12,15H2,1H3. The lowest BCUT2D eigenvalue weighted by Crippen LogP contribution is -2.49. The number of aryl methyl sites for hydroxylation is 1. The smallest absolute Gasteiger partial charge is 0.223 e. The Morgan fingerprint density at radius 2 is 2.00 bits per heavy atom. The summed E-state index contributed by atoms with van der Waals surface area (Å²) >= 11 is 0. The highest BCUT2D eigenvalue weighted by Crippen LogP contribution is 2.18. The Balaban J connectivity index is 1.38. The highest BCUT2D eigenvalue weighted by Gasteiger charge is 2.20. The van der Waals surface area contributed by atoms with E-state index in [1.54, 1.807) is 6.26 Å². The largest absolute Gasteiger partial charge is 0.468 e. The van der Waals surface area contributed by atoms with E-state index in [1.165, 1.54) is 11.3 Å². The van der Waals surface area contributed by atoms with Crippen molar-refractivity contribution in [3.05, 3.63) is 54.0 Å². The molecule has 1 N–H and O–H groups in total. The molecule has 128 valence electrons. The summed E-state index contributed by atoms with van der Waals surface area (Å²) < 4.78 is 5.26. The van der Waals surface area contributed by atoms with Crippen LogP contribution >= 0.6 is 0 Å². The lowest BCUT2D eigenvalue weighted by molar-refractivity contribution is -0.131. The monoisotopic (exact) mass is 327 g/mol. The molecule has 3 rings (SSSR count). The van der Waals surface area contributed by atoms with Gasteiger partial charge >= 0.3 is 0 Å². The summed E-state index contributed by atoms with van der Waals surface area (Å²) in [4.78, 5) is 16.6. The van der Waals surface area contributed by atoms with Crippen molar-refractivity contribution in [3.63, 3.8) is 0 Å². The summed E-state index contributed by atoms with van der Waals surface area (Å²) in [6, 6.07) is 12.3. The molecule has 2 heterocycles. The van der Waals surface area contributed by atoms with Crippen LogP contribution in [0.5, 0.6) is 0 Å². The van der Waals surface area contributed by atoms with Crippen LogP contribution in [0.4, 0.5) is 5.69 Å². The van der Waals surface area contributed by atoms with E-state index < -0.39 is 0 Å². The molecule has 1 saturated heterocycles. The summed E-state index contributed by atoms with van der Waals surface area (Å²) in [6.07, 6.45) is 2.20. The summed E-state index contributed by atoms with van der Waals surface area (Å²) in [5.74, 6) is 1.13.